The first-order valence-electron chi connectivity index (χ1n) is 6.13. The van der Waals surface area contributed by atoms with Crippen LogP contribution in [0.4, 0.5) is 0 Å². The van der Waals surface area contributed by atoms with Crippen molar-refractivity contribution in [2.45, 2.75) is 33.4 Å². The summed E-state index contributed by atoms with van der Waals surface area (Å²) in [6, 6.07) is 8.39. The molecule has 0 spiro atoms. The van der Waals surface area contributed by atoms with E-state index in [4.69, 9.17) is 4.74 Å². The quantitative estimate of drug-likeness (QED) is 0.575. The van der Waals surface area contributed by atoms with Crippen molar-refractivity contribution < 1.29 is 4.74 Å². The SMILES string of the molecule is CC#CCCNCc1ccccc1COCC. The van der Waals surface area contributed by atoms with Gasteiger partial charge in [-0.3, -0.25) is 0 Å². The van der Waals surface area contributed by atoms with E-state index in [9.17, 15) is 0 Å². The average Bonchev–Trinajstić information content (AvgIpc) is 2.37. The van der Waals surface area contributed by atoms with E-state index in [1.54, 1.807) is 0 Å². The Hall–Kier alpha value is -1.30. The zero-order chi connectivity index (χ0) is 12.3. The topological polar surface area (TPSA) is 21.3 Å². The monoisotopic (exact) mass is 231 g/mol. The Labute approximate surface area is 104 Å². The number of ether oxygens (including phenoxy) is 1. The maximum absolute atomic E-state index is 5.45. The molecule has 2 heteroatoms. The second-order valence-corrected chi connectivity index (χ2v) is 3.76. The first kappa shape index (κ1) is 13.8. The van der Waals surface area contributed by atoms with Crippen molar-refractivity contribution >= 4 is 0 Å². The van der Waals surface area contributed by atoms with Crippen molar-refractivity contribution in [2.24, 2.45) is 0 Å². The summed E-state index contributed by atoms with van der Waals surface area (Å²) in [5, 5.41) is 3.40. The molecule has 0 heterocycles. The predicted octanol–water partition coefficient (Wildman–Crippen LogP) is 2.73. The lowest BCUT2D eigenvalue weighted by molar-refractivity contribution is 0.133. The molecule has 0 amide bonds. The third kappa shape index (κ3) is 5.53. The molecule has 0 aliphatic rings. The highest BCUT2D eigenvalue weighted by molar-refractivity contribution is 5.26. The van der Waals surface area contributed by atoms with Crippen LogP contribution in [0.5, 0.6) is 0 Å². The van der Waals surface area contributed by atoms with Crippen molar-refractivity contribution in [3.8, 4) is 11.8 Å². The molecular formula is C15H21NO. The maximum Gasteiger partial charge on any atom is 0.0719 e. The Kier molecular flexibility index (Phi) is 7.13. The van der Waals surface area contributed by atoms with Gasteiger partial charge in [-0.2, -0.15) is 0 Å². The predicted molar refractivity (Wildman–Crippen MR) is 71.5 cm³/mol. The first-order chi connectivity index (χ1) is 8.38. The number of benzene rings is 1. The lowest BCUT2D eigenvalue weighted by Crippen LogP contribution is -2.15. The summed E-state index contributed by atoms with van der Waals surface area (Å²) < 4.78 is 5.45. The molecule has 0 unspecified atom stereocenters. The minimum Gasteiger partial charge on any atom is -0.377 e. The van der Waals surface area contributed by atoms with E-state index in [1.165, 1.54) is 11.1 Å². The van der Waals surface area contributed by atoms with E-state index in [0.29, 0.717) is 6.61 Å². The number of nitrogens with one attached hydrogen (secondary N) is 1. The smallest absolute Gasteiger partial charge is 0.0719 e. The highest BCUT2D eigenvalue weighted by Crippen LogP contribution is 2.09. The van der Waals surface area contributed by atoms with Crippen molar-refractivity contribution in [1.29, 1.82) is 0 Å². The van der Waals surface area contributed by atoms with Gasteiger partial charge in [0.25, 0.3) is 0 Å². The van der Waals surface area contributed by atoms with Crippen LogP contribution in [0.2, 0.25) is 0 Å². The van der Waals surface area contributed by atoms with E-state index in [-0.39, 0.29) is 0 Å². The summed E-state index contributed by atoms with van der Waals surface area (Å²) in [5.74, 6) is 5.94. The molecule has 0 aromatic heterocycles. The Balaban J connectivity index is 2.42. The van der Waals surface area contributed by atoms with E-state index in [0.717, 1.165) is 26.1 Å². The van der Waals surface area contributed by atoms with Crippen LogP contribution in [0, 0.1) is 11.8 Å². The Morgan fingerprint density at radius 1 is 1.24 bits per heavy atom. The zero-order valence-corrected chi connectivity index (χ0v) is 10.8. The summed E-state index contributed by atoms with van der Waals surface area (Å²) >= 11 is 0. The molecule has 0 aliphatic carbocycles. The van der Waals surface area contributed by atoms with E-state index in [2.05, 4.69) is 41.4 Å². The van der Waals surface area contributed by atoms with Crippen LogP contribution >= 0.6 is 0 Å². The summed E-state index contributed by atoms with van der Waals surface area (Å²) in [5.41, 5.74) is 2.58. The molecule has 0 aliphatic heterocycles. The van der Waals surface area contributed by atoms with Crippen LogP contribution in [-0.2, 0) is 17.9 Å². The van der Waals surface area contributed by atoms with Gasteiger partial charge in [0.1, 0.15) is 0 Å². The molecule has 0 fully saturated rings. The number of hydrogen-bond acceptors (Lipinski definition) is 2. The van der Waals surface area contributed by atoms with E-state index >= 15 is 0 Å². The van der Waals surface area contributed by atoms with Crippen LogP contribution in [0.3, 0.4) is 0 Å². The number of hydrogen-bond donors (Lipinski definition) is 1. The van der Waals surface area contributed by atoms with Crippen molar-refractivity contribution in [2.75, 3.05) is 13.2 Å². The molecule has 2 nitrogen and oxygen atoms in total. The number of rotatable bonds is 7. The normalized spacial score (nSPS) is 9.76. The third-order valence-corrected chi connectivity index (χ3v) is 2.50. The van der Waals surface area contributed by atoms with Crippen molar-refractivity contribution in [3.63, 3.8) is 0 Å². The largest absolute Gasteiger partial charge is 0.377 e. The molecule has 0 bridgehead atoms. The molecule has 0 atom stereocenters. The summed E-state index contributed by atoms with van der Waals surface area (Å²) in [6.45, 7) is 7.16. The fourth-order valence-electron chi connectivity index (χ4n) is 1.58. The molecule has 92 valence electrons. The first-order valence-corrected chi connectivity index (χ1v) is 6.13. The highest BCUT2D eigenvalue weighted by Gasteiger charge is 2.00. The standard InChI is InChI=1S/C15H21NO/c1-3-5-8-11-16-12-14-9-6-7-10-15(14)13-17-4-2/h6-7,9-10,16H,4,8,11-13H2,1-2H3. The van der Waals surface area contributed by atoms with Crippen molar-refractivity contribution in [1.82, 2.24) is 5.32 Å². The molecule has 0 saturated heterocycles. The summed E-state index contributed by atoms with van der Waals surface area (Å²) in [6.07, 6.45) is 0.907. The molecule has 1 aromatic carbocycles. The molecule has 1 aromatic rings. The van der Waals surface area contributed by atoms with E-state index in [1.807, 2.05) is 13.8 Å². The Bertz CT molecular complexity index is 376. The van der Waals surface area contributed by atoms with Gasteiger partial charge in [0.15, 0.2) is 0 Å². The van der Waals surface area contributed by atoms with Gasteiger partial charge in [0.2, 0.25) is 0 Å². The summed E-state index contributed by atoms with van der Waals surface area (Å²) in [7, 11) is 0. The third-order valence-electron chi connectivity index (χ3n) is 2.50. The van der Waals surface area contributed by atoms with Gasteiger partial charge in [0.05, 0.1) is 6.61 Å². The van der Waals surface area contributed by atoms with Gasteiger partial charge in [-0.05, 0) is 25.0 Å². The van der Waals surface area contributed by atoms with Crippen LogP contribution in [0.25, 0.3) is 0 Å². The van der Waals surface area contributed by atoms with Gasteiger partial charge in [-0.15, -0.1) is 11.8 Å². The van der Waals surface area contributed by atoms with Gasteiger partial charge in [0, 0.05) is 26.1 Å². The van der Waals surface area contributed by atoms with Crippen LogP contribution in [0.15, 0.2) is 24.3 Å². The average molecular weight is 231 g/mol. The van der Waals surface area contributed by atoms with Gasteiger partial charge < -0.3 is 10.1 Å². The maximum atomic E-state index is 5.45. The highest BCUT2D eigenvalue weighted by atomic mass is 16.5. The molecular weight excluding hydrogens is 210 g/mol. The minimum absolute atomic E-state index is 0.698. The van der Waals surface area contributed by atoms with Crippen LogP contribution < -0.4 is 5.32 Å². The lowest BCUT2D eigenvalue weighted by atomic mass is 10.1. The van der Waals surface area contributed by atoms with Crippen LogP contribution in [-0.4, -0.2) is 13.2 Å². The fourth-order valence-corrected chi connectivity index (χ4v) is 1.58. The van der Waals surface area contributed by atoms with Crippen molar-refractivity contribution in [3.05, 3.63) is 35.4 Å². The summed E-state index contributed by atoms with van der Waals surface area (Å²) in [4.78, 5) is 0. The van der Waals surface area contributed by atoms with Gasteiger partial charge >= 0.3 is 0 Å². The molecule has 1 rings (SSSR count). The zero-order valence-electron chi connectivity index (χ0n) is 10.8. The minimum atomic E-state index is 0.698. The Morgan fingerprint density at radius 2 is 2.00 bits per heavy atom. The lowest BCUT2D eigenvalue weighted by Gasteiger charge is -2.09. The van der Waals surface area contributed by atoms with E-state index < -0.39 is 0 Å². The molecule has 1 N–H and O–H groups in total. The Morgan fingerprint density at radius 3 is 2.71 bits per heavy atom. The second-order valence-electron chi connectivity index (χ2n) is 3.76. The fraction of sp³-hybridized carbons (Fsp3) is 0.467. The molecule has 0 saturated carbocycles. The van der Waals surface area contributed by atoms with Gasteiger partial charge in [-0.25, -0.2) is 0 Å². The van der Waals surface area contributed by atoms with Crippen LogP contribution in [0.1, 0.15) is 31.4 Å². The second kappa shape index (κ2) is 8.81. The van der Waals surface area contributed by atoms with Gasteiger partial charge in [-0.1, -0.05) is 24.3 Å². The molecule has 0 radical (unpaired) electrons. The molecule has 17 heavy (non-hydrogen) atoms.